The van der Waals surface area contributed by atoms with Gasteiger partial charge in [-0.3, -0.25) is 0 Å². The van der Waals surface area contributed by atoms with Gasteiger partial charge in [0.05, 0.1) is 5.69 Å². The first-order valence-electron chi connectivity index (χ1n) is 14.1. The van der Waals surface area contributed by atoms with E-state index >= 15 is 0 Å². The van der Waals surface area contributed by atoms with Crippen LogP contribution >= 0.6 is 0 Å². The Hall–Kier alpha value is -3.39. The Bertz CT molecular complexity index is 1490. The number of aromatic amines is 1. The van der Waals surface area contributed by atoms with Crippen LogP contribution in [0.1, 0.15) is 61.7 Å². The summed E-state index contributed by atoms with van der Waals surface area (Å²) < 4.78 is 0. The Morgan fingerprint density at radius 3 is 2.54 bits per heavy atom. The van der Waals surface area contributed by atoms with Gasteiger partial charge in [0.2, 0.25) is 0 Å². The molecular formula is C35H38N2. The maximum atomic E-state index is 5.15. The van der Waals surface area contributed by atoms with E-state index in [1.807, 2.05) is 0 Å². The van der Waals surface area contributed by atoms with Crippen LogP contribution in [0.2, 0.25) is 0 Å². The van der Waals surface area contributed by atoms with Crippen LogP contribution in [-0.4, -0.2) is 9.97 Å². The van der Waals surface area contributed by atoms with E-state index in [9.17, 15) is 0 Å². The Labute approximate surface area is 221 Å². The molecule has 1 aliphatic heterocycles. The molecule has 0 saturated carbocycles. The van der Waals surface area contributed by atoms with Crippen molar-refractivity contribution in [2.45, 2.75) is 58.3 Å². The van der Waals surface area contributed by atoms with Crippen LogP contribution in [0, 0.1) is 17.8 Å². The van der Waals surface area contributed by atoms with Crippen LogP contribution in [0.4, 0.5) is 0 Å². The van der Waals surface area contributed by atoms with Crippen molar-refractivity contribution in [2.75, 3.05) is 0 Å². The molecular weight excluding hydrogens is 448 g/mol. The highest BCUT2D eigenvalue weighted by molar-refractivity contribution is 5.85. The van der Waals surface area contributed by atoms with E-state index < -0.39 is 0 Å². The Morgan fingerprint density at radius 2 is 1.65 bits per heavy atom. The number of H-pyrrole nitrogens is 1. The lowest BCUT2D eigenvalue weighted by atomic mass is 9.77. The molecule has 5 aromatic rings. The van der Waals surface area contributed by atoms with Crippen LogP contribution in [0.5, 0.6) is 0 Å². The molecule has 37 heavy (non-hydrogen) atoms. The average Bonchev–Trinajstić information content (AvgIpc) is 3.37. The fourth-order valence-corrected chi connectivity index (χ4v) is 6.59. The molecule has 1 N–H and O–H groups in total. The van der Waals surface area contributed by atoms with Gasteiger partial charge in [-0.15, -0.1) is 0 Å². The normalized spacial score (nSPS) is 21.2. The summed E-state index contributed by atoms with van der Waals surface area (Å²) in [5, 5.41) is 5.42. The highest BCUT2D eigenvalue weighted by Gasteiger charge is 2.28. The summed E-state index contributed by atoms with van der Waals surface area (Å²) in [5.74, 6) is 3.43. The Kier molecular flexibility index (Phi) is 6.83. The molecule has 188 valence electrons. The van der Waals surface area contributed by atoms with Gasteiger partial charge in [0.15, 0.2) is 0 Å². The number of rotatable bonds is 5. The molecule has 0 saturated heterocycles. The third-order valence-electron chi connectivity index (χ3n) is 8.66. The summed E-state index contributed by atoms with van der Waals surface area (Å²) in [6, 6.07) is 31.4. The minimum absolute atomic E-state index is 0.425. The zero-order valence-corrected chi connectivity index (χ0v) is 22.2. The molecule has 4 aromatic carbocycles. The second kappa shape index (κ2) is 10.5. The molecule has 0 aliphatic carbocycles. The molecule has 4 atom stereocenters. The predicted octanol–water partition coefficient (Wildman–Crippen LogP) is 8.90. The van der Waals surface area contributed by atoms with Crippen molar-refractivity contribution in [1.29, 1.82) is 0 Å². The summed E-state index contributed by atoms with van der Waals surface area (Å²) in [4.78, 5) is 8.77. The monoisotopic (exact) mass is 486 g/mol. The molecule has 0 spiro atoms. The van der Waals surface area contributed by atoms with Crippen molar-refractivity contribution < 1.29 is 0 Å². The fraction of sp³-hybridized carbons (Fsp3) is 0.343. The summed E-state index contributed by atoms with van der Waals surface area (Å²) in [6.45, 7) is 4.83. The van der Waals surface area contributed by atoms with Crippen LogP contribution in [0.15, 0.2) is 91.1 Å². The van der Waals surface area contributed by atoms with E-state index in [-0.39, 0.29) is 0 Å². The molecule has 2 nitrogen and oxygen atoms in total. The van der Waals surface area contributed by atoms with E-state index in [2.05, 4.69) is 110 Å². The van der Waals surface area contributed by atoms with Gasteiger partial charge in [-0.25, -0.2) is 4.98 Å². The number of fused-ring (bicyclic) bond motifs is 4. The van der Waals surface area contributed by atoms with Gasteiger partial charge in [-0.05, 0) is 82.5 Å². The van der Waals surface area contributed by atoms with Gasteiger partial charge in [-0.1, -0.05) is 105 Å². The standard InChI is InChI=1S/C35H38N2/c1-24-14-15-27(21-31-12-7-11-29-9-5-6-13-33(29)31)22-34(35-36-23-32(18-24)37-35)25(2)19-26-16-17-28-8-3-4-10-30(28)20-26/h3-13,16-17,20,23-25,27,34H,14-15,18-19,21-22H2,1-2H3,(H,36,37). The maximum absolute atomic E-state index is 5.15. The zero-order chi connectivity index (χ0) is 25.2. The van der Waals surface area contributed by atoms with E-state index in [0.717, 1.165) is 19.3 Å². The Balaban J connectivity index is 1.30. The smallest absolute Gasteiger partial charge is 0.109 e. The lowest BCUT2D eigenvalue weighted by molar-refractivity contribution is 0.308. The average molecular weight is 487 g/mol. The molecule has 2 heterocycles. The molecule has 0 fully saturated rings. The number of hydrogen-bond donors (Lipinski definition) is 1. The number of aromatic nitrogens is 2. The quantitative estimate of drug-likeness (QED) is 0.264. The summed E-state index contributed by atoms with van der Waals surface area (Å²) in [7, 11) is 0. The van der Waals surface area contributed by atoms with Crippen LogP contribution in [0.25, 0.3) is 21.5 Å². The number of imidazole rings is 1. The topological polar surface area (TPSA) is 28.7 Å². The summed E-state index contributed by atoms with van der Waals surface area (Å²) >= 11 is 0. The van der Waals surface area contributed by atoms with E-state index in [1.54, 1.807) is 0 Å². The Morgan fingerprint density at radius 1 is 0.865 bits per heavy atom. The van der Waals surface area contributed by atoms with Crippen molar-refractivity contribution in [3.8, 4) is 0 Å². The first-order valence-corrected chi connectivity index (χ1v) is 14.1. The first-order chi connectivity index (χ1) is 18.1. The SMILES string of the molecule is CC1CCC(Cc2cccc3ccccc23)CC(C(C)Cc2ccc3ccccc3c2)c2nc(c[nH]2)C1. The lowest BCUT2D eigenvalue weighted by Gasteiger charge is -2.29. The highest BCUT2D eigenvalue weighted by atomic mass is 14.9. The minimum atomic E-state index is 0.425. The van der Waals surface area contributed by atoms with Crippen molar-refractivity contribution in [3.05, 3.63) is 114 Å². The molecule has 2 bridgehead atoms. The largest absolute Gasteiger partial charge is 0.348 e. The first kappa shape index (κ1) is 24.0. The van der Waals surface area contributed by atoms with E-state index in [1.165, 1.54) is 63.5 Å². The van der Waals surface area contributed by atoms with Gasteiger partial charge in [0, 0.05) is 12.1 Å². The van der Waals surface area contributed by atoms with Crippen molar-refractivity contribution in [2.24, 2.45) is 17.8 Å². The third-order valence-corrected chi connectivity index (χ3v) is 8.66. The van der Waals surface area contributed by atoms with E-state index in [0.29, 0.717) is 23.7 Å². The molecule has 4 unspecified atom stereocenters. The molecule has 0 radical (unpaired) electrons. The summed E-state index contributed by atoms with van der Waals surface area (Å²) in [6.07, 6.45) is 9.19. The van der Waals surface area contributed by atoms with Gasteiger partial charge >= 0.3 is 0 Å². The van der Waals surface area contributed by atoms with Crippen LogP contribution < -0.4 is 0 Å². The van der Waals surface area contributed by atoms with Gasteiger partial charge in [-0.2, -0.15) is 0 Å². The summed E-state index contributed by atoms with van der Waals surface area (Å²) in [5.41, 5.74) is 4.15. The number of nitrogens with zero attached hydrogens (tertiary/aromatic N) is 1. The van der Waals surface area contributed by atoms with Gasteiger partial charge in [0.25, 0.3) is 0 Å². The van der Waals surface area contributed by atoms with Crippen LogP contribution in [-0.2, 0) is 19.3 Å². The molecule has 0 amide bonds. The second-order valence-corrected chi connectivity index (χ2v) is 11.6. The maximum Gasteiger partial charge on any atom is 0.109 e. The lowest BCUT2D eigenvalue weighted by Crippen LogP contribution is -2.21. The minimum Gasteiger partial charge on any atom is -0.348 e. The molecule has 1 aromatic heterocycles. The third kappa shape index (κ3) is 5.34. The van der Waals surface area contributed by atoms with Gasteiger partial charge in [0.1, 0.15) is 5.82 Å². The van der Waals surface area contributed by atoms with Crippen molar-refractivity contribution in [3.63, 3.8) is 0 Å². The van der Waals surface area contributed by atoms with Crippen LogP contribution in [0.3, 0.4) is 0 Å². The highest BCUT2D eigenvalue weighted by Crippen LogP contribution is 2.37. The fourth-order valence-electron chi connectivity index (χ4n) is 6.59. The van der Waals surface area contributed by atoms with Crippen molar-refractivity contribution >= 4 is 21.5 Å². The van der Waals surface area contributed by atoms with E-state index in [4.69, 9.17) is 4.98 Å². The van der Waals surface area contributed by atoms with Gasteiger partial charge < -0.3 is 4.98 Å². The number of hydrogen-bond acceptors (Lipinski definition) is 1. The number of benzene rings is 4. The second-order valence-electron chi connectivity index (χ2n) is 11.6. The molecule has 6 rings (SSSR count). The van der Waals surface area contributed by atoms with Crippen molar-refractivity contribution in [1.82, 2.24) is 9.97 Å². The number of nitrogens with one attached hydrogen (secondary N) is 1. The molecule has 2 heteroatoms. The zero-order valence-electron chi connectivity index (χ0n) is 22.2. The predicted molar refractivity (Wildman–Crippen MR) is 156 cm³/mol. The molecule has 1 aliphatic rings.